The molecule has 0 aliphatic heterocycles. The molecule has 0 saturated heterocycles. The first-order chi connectivity index (χ1) is 17.8. The summed E-state index contributed by atoms with van der Waals surface area (Å²) in [4.78, 5) is 55.2. The number of nitrogens with two attached hydrogens (primary N) is 1. The van der Waals surface area contributed by atoms with Gasteiger partial charge in [-0.3, -0.25) is 29.7 Å². The highest BCUT2D eigenvalue weighted by Crippen LogP contribution is 2.33. The van der Waals surface area contributed by atoms with E-state index in [-0.39, 0.29) is 17.7 Å². The molecule has 6 N–H and O–H groups in total. The maximum absolute atomic E-state index is 13.6. The van der Waals surface area contributed by atoms with Gasteiger partial charge in [-0.2, -0.15) is 4.98 Å². The van der Waals surface area contributed by atoms with E-state index in [1.807, 2.05) is 27.7 Å². The SMILES string of the molecule is CC(=O)O.CCC[C@@H]([C@@H](CC1CCCCC1)C(=O)N[C@H](C(=O)Nc1nccc(N)n1)C(C)(C)C)N(O)C=O. The smallest absolute Gasteiger partial charge is 0.300 e. The van der Waals surface area contributed by atoms with Crippen molar-refractivity contribution in [1.29, 1.82) is 0 Å². The third-order valence-corrected chi connectivity index (χ3v) is 6.47. The third kappa shape index (κ3) is 11.4. The summed E-state index contributed by atoms with van der Waals surface area (Å²) in [7, 11) is 0. The number of hydrogen-bond donors (Lipinski definition) is 5. The van der Waals surface area contributed by atoms with Crippen LogP contribution in [0.5, 0.6) is 0 Å². The minimum atomic E-state index is -0.899. The fraction of sp³-hybridized carbons (Fsp3) is 0.692. The predicted octanol–water partition coefficient (Wildman–Crippen LogP) is 3.22. The third-order valence-electron chi connectivity index (χ3n) is 6.47. The molecule has 1 aliphatic rings. The van der Waals surface area contributed by atoms with Crippen LogP contribution in [0.2, 0.25) is 0 Å². The molecule has 3 amide bonds. The van der Waals surface area contributed by atoms with Crippen LogP contribution in [-0.4, -0.2) is 61.6 Å². The maximum Gasteiger partial charge on any atom is 0.300 e. The number of carbonyl (C=O) groups excluding carboxylic acids is 3. The van der Waals surface area contributed by atoms with E-state index >= 15 is 0 Å². The molecule has 12 nitrogen and oxygen atoms in total. The molecule has 1 aromatic rings. The molecule has 0 aromatic carbocycles. The van der Waals surface area contributed by atoms with Crippen LogP contribution in [-0.2, 0) is 19.2 Å². The Morgan fingerprint density at radius 3 is 2.32 bits per heavy atom. The second-order valence-electron chi connectivity index (χ2n) is 10.8. The normalized spacial score (nSPS) is 16.2. The minimum absolute atomic E-state index is 0.0543. The van der Waals surface area contributed by atoms with E-state index in [0.29, 0.717) is 36.7 Å². The molecule has 0 spiro atoms. The van der Waals surface area contributed by atoms with Crippen molar-refractivity contribution in [2.45, 2.75) is 98.1 Å². The van der Waals surface area contributed by atoms with Crippen molar-refractivity contribution in [3.63, 3.8) is 0 Å². The summed E-state index contributed by atoms with van der Waals surface area (Å²) in [6.45, 7) is 8.57. The zero-order chi connectivity index (χ0) is 28.9. The average molecular weight is 537 g/mol. The number of amides is 3. The molecule has 38 heavy (non-hydrogen) atoms. The van der Waals surface area contributed by atoms with Gasteiger partial charge in [0.05, 0.1) is 12.0 Å². The molecule has 0 radical (unpaired) electrons. The molecule has 0 bridgehead atoms. The number of carboxylic acids is 1. The lowest BCUT2D eigenvalue weighted by molar-refractivity contribution is -0.170. The summed E-state index contributed by atoms with van der Waals surface area (Å²) in [5.74, 6) is -1.68. The molecule has 12 heteroatoms. The van der Waals surface area contributed by atoms with E-state index < -0.39 is 35.3 Å². The average Bonchev–Trinajstić information content (AvgIpc) is 2.83. The summed E-state index contributed by atoms with van der Waals surface area (Å²) in [5.41, 5.74) is 5.05. The number of nitrogens with one attached hydrogen (secondary N) is 2. The topological polar surface area (TPSA) is 188 Å². The Balaban J connectivity index is 0.00000168. The van der Waals surface area contributed by atoms with Crippen molar-refractivity contribution in [1.82, 2.24) is 20.3 Å². The number of nitrogen functional groups attached to an aromatic ring is 1. The molecule has 2 rings (SSSR count). The number of hydrogen-bond acceptors (Lipinski definition) is 8. The highest BCUT2D eigenvalue weighted by molar-refractivity contribution is 5.97. The second-order valence-corrected chi connectivity index (χ2v) is 10.8. The van der Waals surface area contributed by atoms with Crippen LogP contribution in [0.1, 0.15) is 86.0 Å². The predicted molar refractivity (Wildman–Crippen MR) is 143 cm³/mol. The summed E-state index contributed by atoms with van der Waals surface area (Å²) in [5, 5.41) is 23.9. The largest absolute Gasteiger partial charge is 0.481 e. The van der Waals surface area contributed by atoms with E-state index in [1.54, 1.807) is 0 Å². The van der Waals surface area contributed by atoms with Gasteiger partial charge in [0, 0.05) is 13.1 Å². The molecule has 0 unspecified atom stereocenters. The molecular weight excluding hydrogens is 492 g/mol. The van der Waals surface area contributed by atoms with Crippen molar-refractivity contribution in [2.24, 2.45) is 17.3 Å². The summed E-state index contributed by atoms with van der Waals surface area (Å²) in [6, 6.07) is -0.0503. The lowest BCUT2D eigenvalue weighted by Gasteiger charge is -2.36. The van der Waals surface area contributed by atoms with E-state index in [2.05, 4.69) is 20.6 Å². The number of aromatic nitrogens is 2. The van der Waals surface area contributed by atoms with E-state index in [1.165, 1.54) is 18.7 Å². The summed E-state index contributed by atoms with van der Waals surface area (Å²) in [6.07, 6.45) is 8.96. The first kappa shape index (κ1) is 32.7. The Kier molecular flexibility index (Phi) is 13.7. The van der Waals surface area contributed by atoms with Crippen molar-refractivity contribution in [2.75, 3.05) is 11.1 Å². The molecule has 3 atom stereocenters. The highest BCUT2D eigenvalue weighted by atomic mass is 16.5. The van der Waals surface area contributed by atoms with Gasteiger partial charge in [0.2, 0.25) is 24.2 Å². The molecular formula is C26H44N6O6. The zero-order valence-electron chi connectivity index (χ0n) is 23.1. The van der Waals surface area contributed by atoms with E-state index in [9.17, 15) is 19.6 Å². The standard InChI is InChI=1S/C24H40N6O4.C2H4O2/c1-5-9-18(30(34)15-31)17(14-16-10-7-6-8-11-16)21(32)28-20(24(2,3)4)22(33)29-23-26-13-12-19(25)27-23;1-2(3)4/h12-13,15-18,20,34H,5-11,14H2,1-4H3,(H,28,32)(H3,25,26,27,29,33);1H3,(H,3,4)/t17-,18+,20-;/m1./s1. The number of nitrogens with zero attached hydrogens (tertiary/aromatic N) is 3. The summed E-state index contributed by atoms with van der Waals surface area (Å²) < 4.78 is 0. The Bertz CT molecular complexity index is 912. The monoisotopic (exact) mass is 536 g/mol. The molecule has 1 aliphatic carbocycles. The van der Waals surface area contributed by atoms with Gasteiger partial charge < -0.3 is 16.2 Å². The van der Waals surface area contributed by atoms with Crippen LogP contribution in [0, 0.1) is 17.3 Å². The molecule has 1 fully saturated rings. The second kappa shape index (κ2) is 15.9. The fourth-order valence-electron chi connectivity index (χ4n) is 4.65. The number of aliphatic carboxylic acids is 1. The van der Waals surface area contributed by atoms with Crippen molar-refractivity contribution >= 4 is 36.0 Å². The Morgan fingerprint density at radius 2 is 1.82 bits per heavy atom. The molecule has 1 saturated carbocycles. The lowest BCUT2D eigenvalue weighted by Crippen LogP contribution is -2.55. The van der Waals surface area contributed by atoms with Gasteiger partial charge in [-0.25, -0.2) is 10.0 Å². The van der Waals surface area contributed by atoms with Crippen molar-refractivity contribution in [3.8, 4) is 0 Å². The number of anilines is 2. The van der Waals surface area contributed by atoms with Crippen LogP contribution >= 0.6 is 0 Å². The van der Waals surface area contributed by atoms with Crippen LogP contribution in [0.3, 0.4) is 0 Å². The van der Waals surface area contributed by atoms with Gasteiger partial charge in [0.25, 0.3) is 5.97 Å². The van der Waals surface area contributed by atoms with Crippen LogP contribution in [0.15, 0.2) is 12.3 Å². The number of hydroxylamine groups is 2. The Hall–Kier alpha value is -3.28. The van der Waals surface area contributed by atoms with Gasteiger partial charge in [0.1, 0.15) is 11.9 Å². The van der Waals surface area contributed by atoms with Crippen molar-refractivity contribution < 1.29 is 29.5 Å². The van der Waals surface area contributed by atoms with E-state index in [4.69, 9.17) is 15.6 Å². The number of carbonyl (C=O) groups is 4. The Morgan fingerprint density at radius 1 is 1.21 bits per heavy atom. The van der Waals surface area contributed by atoms with Crippen LogP contribution in [0.25, 0.3) is 0 Å². The quantitative estimate of drug-likeness (QED) is 0.161. The summed E-state index contributed by atoms with van der Waals surface area (Å²) >= 11 is 0. The molecule has 214 valence electrons. The van der Waals surface area contributed by atoms with Gasteiger partial charge in [-0.1, -0.05) is 66.2 Å². The number of rotatable bonds is 11. The maximum atomic E-state index is 13.6. The minimum Gasteiger partial charge on any atom is -0.481 e. The first-order valence-corrected chi connectivity index (χ1v) is 13.1. The van der Waals surface area contributed by atoms with Gasteiger partial charge in [0.15, 0.2) is 0 Å². The van der Waals surface area contributed by atoms with E-state index in [0.717, 1.165) is 32.6 Å². The molecule has 1 heterocycles. The van der Waals surface area contributed by atoms with Gasteiger partial charge in [-0.05, 0) is 30.2 Å². The lowest BCUT2D eigenvalue weighted by atomic mass is 9.78. The van der Waals surface area contributed by atoms with Crippen LogP contribution < -0.4 is 16.4 Å². The Labute approximate surface area is 224 Å². The highest BCUT2D eigenvalue weighted by Gasteiger charge is 2.39. The first-order valence-electron chi connectivity index (χ1n) is 13.1. The van der Waals surface area contributed by atoms with Gasteiger partial charge >= 0.3 is 0 Å². The van der Waals surface area contributed by atoms with Gasteiger partial charge in [-0.15, -0.1) is 0 Å². The number of carboxylic acid groups (broad SMARTS) is 1. The zero-order valence-corrected chi connectivity index (χ0v) is 23.1. The van der Waals surface area contributed by atoms with Crippen LogP contribution in [0.4, 0.5) is 11.8 Å². The molecule has 1 aromatic heterocycles. The van der Waals surface area contributed by atoms with Crippen molar-refractivity contribution in [3.05, 3.63) is 12.3 Å². The fourth-order valence-corrected chi connectivity index (χ4v) is 4.65.